The van der Waals surface area contributed by atoms with Gasteiger partial charge in [0.2, 0.25) is 5.91 Å². The van der Waals surface area contributed by atoms with Gasteiger partial charge in [0.05, 0.1) is 10.8 Å². The number of nitrogens with one attached hydrogen (secondary N) is 1. The summed E-state index contributed by atoms with van der Waals surface area (Å²) in [4.78, 5) is 39.0. The molecule has 0 saturated carbocycles. The summed E-state index contributed by atoms with van der Waals surface area (Å²) in [6.45, 7) is 0.977. The van der Waals surface area contributed by atoms with Gasteiger partial charge < -0.3 is 4.90 Å². The molecular weight excluding hydrogens is 318 g/mol. The Morgan fingerprint density at radius 1 is 0.960 bits per heavy atom. The molecule has 0 saturated heterocycles. The maximum atomic E-state index is 12.6. The first-order chi connectivity index (χ1) is 12.1. The third kappa shape index (κ3) is 2.76. The van der Waals surface area contributed by atoms with Crippen LogP contribution >= 0.6 is 0 Å². The monoisotopic (exact) mass is 335 g/mol. The number of H-pyrrole nitrogens is 1. The zero-order valence-electron chi connectivity index (χ0n) is 13.6. The zero-order chi connectivity index (χ0) is 17.4. The first-order valence-electron chi connectivity index (χ1n) is 8.20. The predicted octanol–water partition coefficient (Wildman–Crippen LogP) is 1.27. The molecule has 1 aliphatic heterocycles. The lowest BCUT2D eigenvalue weighted by atomic mass is 10.00. The van der Waals surface area contributed by atoms with Crippen LogP contribution < -0.4 is 11.1 Å². The molecule has 25 heavy (non-hydrogen) atoms. The summed E-state index contributed by atoms with van der Waals surface area (Å²) in [5.41, 5.74) is 1.65. The van der Waals surface area contributed by atoms with Gasteiger partial charge in [-0.3, -0.25) is 19.5 Å². The molecule has 3 aromatic rings. The van der Waals surface area contributed by atoms with Crippen molar-refractivity contribution in [1.29, 1.82) is 0 Å². The maximum Gasteiger partial charge on any atom is 0.273 e. The SMILES string of the molecule is O=C(Cn1[nH]c(=O)c2ccccc2c1=O)N1CCc2ccccc2C1. The first kappa shape index (κ1) is 15.4. The van der Waals surface area contributed by atoms with Gasteiger partial charge in [-0.15, -0.1) is 0 Å². The lowest BCUT2D eigenvalue weighted by molar-refractivity contribution is -0.133. The number of carbonyl (C=O) groups is 1. The van der Waals surface area contributed by atoms with Crippen LogP contribution in [0.5, 0.6) is 0 Å². The van der Waals surface area contributed by atoms with Gasteiger partial charge in [0.15, 0.2) is 0 Å². The molecule has 0 unspecified atom stereocenters. The molecule has 1 N–H and O–H groups in total. The van der Waals surface area contributed by atoms with Crippen molar-refractivity contribution in [2.24, 2.45) is 0 Å². The summed E-state index contributed by atoms with van der Waals surface area (Å²) < 4.78 is 1.10. The van der Waals surface area contributed by atoms with Crippen molar-refractivity contribution in [2.45, 2.75) is 19.5 Å². The number of aromatic amines is 1. The van der Waals surface area contributed by atoms with Crippen molar-refractivity contribution >= 4 is 16.7 Å². The molecule has 6 nitrogen and oxygen atoms in total. The van der Waals surface area contributed by atoms with E-state index in [9.17, 15) is 14.4 Å². The minimum absolute atomic E-state index is 0.166. The molecule has 2 aromatic carbocycles. The Hall–Kier alpha value is -3.15. The van der Waals surface area contributed by atoms with Gasteiger partial charge in [-0.2, -0.15) is 0 Å². The summed E-state index contributed by atoms with van der Waals surface area (Å²) >= 11 is 0. The number of aromatic nitrogens is 2. The third-order valence-corrected chi connectivity index (χ3v) is 4.66. The topological polar surface area (TPSA) is 75.2 Å². The van der Waals surface area contributed by atoms with Crippen molar-refractivity contribution in [2.75, 3.05) is 6.54 Å². The molecule has 0 aliphatic carbocycles. The number of benzene rings is 2. The highest BCUT2D eigenvalue weighted by Crippen LogP contribution is 2.18. The van der Waals surface area contributed by atoms with Gasteiger partial charge in [-0.1, -0.05) is 36.4 Å². The average Bonchev–Trinajstić information content (AvgIpc) is 2.65. The fourth-order valence-corrected chi connectivity index (χ4v) is 3.30. The van der Waals surface area contributed by atoms with E-state index in [4.69, 9.17) is 0 Å². The second-order valence-electron chi connectivity index (χ2n) is 6.21. The molecule has 0 spiro atoms. The second-order valence-corrected chi connectivity index (χ2v) is 6.21. The number of fused-ring (bicyclic) bond motifs is 2. The molecule has 0 bridgehead atoms. The van der Waals surface area contributed by atoms with Crippen LogP contribution in [0.1, 0.15) is 11.1 Å². The van der Waals surface area contributed by atoms with Crippen LogP contribution in [-0.4, -0.2) is 27.1 Å². The molecule has 0 radical (unpaired) electrons. The largest absolute Gasteiger partial charge is 0.336 e. The van der Waals surface area contributed by atoms with E-state index < -0.39 is 0 Å². The van der Waals surface area contributed by atoms with Crippen molar-refractivity contribution in [3.8, 4) is 0 Å². The van der Waals surface area contributed by atoms with Crippen LogP contribution in [-0.2, 0) is 24.3 Å². The molecule has 1 amide bonds. The van der Waals surface area contributed by atoms with E-state index in [0.29, 0.717) is 23.9 Å². The minimum Gasteiger partial charge on any atom is -0.336 e. The van der Waals surface area contributed by atoms with E-state index in [2.05, 4.69) is 11.2 Å². The molecule has 1 aromatic heterocycles. The zero-order valence-corrected chi connectivity index (χ0v) is 13.6. The van der Waals surface area contributed by atoms with Crippen molar-refractivity contribution in [1.82, 2.24) is 14.7 Å². The van der Waals surface area contributed by atoms with Gasteiger partial charge in [0, 0.05) is 13.1 Å². The van der Waals surface area contributed by atoms with Crippen LogP contribution in [0, 0.1) is 0 Å². The Balaban J connectivity index is 1.62. The van der Waals surface area contributed by atoms with Crippen LogP contribution in [0.25, 0.3) is 10.8 Å². The van der Waals surface area contributed by atoms with E-state index in [1.165, 1.54) is 5.56 Å². The Bertz CT molecular complexity index is 1080. The first-order valence-corrected chi connectivity index (χ1v) is 8.20. The highest BCUT2D eigenvalue weighted by Gasteiger charge is 2.21. The van der Waals surface area contributed by atoms with E-state index >= 15 is 0 Å². The highest BCUT2D eigenvalue weighted by molar-refractivity contribution is 5.81. The van der Waals surface area contributed by atoms with E-state index in [1.54, 1.807) is 29.2 Å². The summed E-state index contributed by atoms with van der Waals surface area (Å²) in [5, 5.41) is 3.17. The number of nitrogens with zero attached hydrogens (tertiary/aromatic N) is 2. The fourth-order valence-electron chi connectivity index (χ4n) is 3.30. The quantitative estimate of drug-likeness (QED) is 0.766. The summed E-state index contributed by atoms with van der Waals surface area (Å²) in [6.07, 6.45) is 0.797. The average molecular weight is 335 g/mol. The number of amides is 1. The molecule has 2 heterocycles. The van der Waals surface area contributed by atoms with Crippen molar-refractivity contribution in [3.63, 3.8) is 0 Å². The molecule has 4 rings (SSSR count). The summed E-state index contributed by atoms with van der Waals surface area (Å²) in [6, 6.07) is 14.7. The van der Waals surface area contributed by atoms with Crippen LogP contribution in [0.3, 0.4) is 0 Å². The van der Waals surface area contributed by atoms with Crippen LogP contribution in [0.4, 0.5) is 0 Å². The predicted molar refractivity (Wildman–Crippen MR) is 94.4 cm³/mol. The maximum absolute atomic E-state index is 12.6. The third-order valence-electron chi connectivity index (χ3n) is 4.66. The summed E-state index contributed by atoms with van der Waals surface area (Å²) in [7, 11) is 0. The second kappa shape index (κ2) is 6.05. The molecule has 0 atom stereocenters. The highest BCUT2D eigenvalue weighted by atomic mass is 16.2. The normalized spacial score (nSPS) is 13.7. The lowest BCUT2D eigenvalue weighted by Crippen LogP contribution is -2.41. The van der Waals surface area contributed by atoms with Gasteiger partial charge in [-0.25, -0.2) is 4.68 Å². The Labute approximate surface area is 143 Å². The standard InChI is InChI=1S/C19H17N3O3/c23-17(21-10-9-13-5-1-2-6-14(13)11-21)12-22-19(25)16-8-4-3-7-15(16)18(24)20-22/h1-8H,9-12H2,(H,20,24). The van der Waals surface area contributed by atoms with Gasteiger partial charge in [-0.05, 0) is 29.7 Å². The number of rotatable bonds is 2. The van der Waals surface area contributed by atoms with E-state index in [1.807, 2.05) is 18.2 Å². The smallest absolute Gasteiger partial charge is 0.273 e. The minimum atomic E-state index is -0.369. The Kier molecular flexibility index (Phi) is 3.72. The van der Waals surface area contributed by atoms with Crippen molar-refractivity contribution in [3.05, 3.63) is 80.4 Å². The summed E-state index contributed by atoms with van der Waals surface area (Å²) in [5.74, 6) is -0.178. The number of carbonyl (C=O) groups excluding carboxylic acids is 1. The van der Waals surface area contributed by atoms with E-state index in [0.717, 1.165) is 16.7 Å². The fraction of sp³-hybridized carbons (Fsp3) is 0.211. The molecule has 6 heteroatoms. The molecule has 1 aliphatic rings. The van der Waals surface area contributed by atoms with Crippen LogP contribution in [0.2, 0.25) is 0 Å². The number of hydrogen-bond acceptors (Lipinski definition) is 3. The molecule has 0 fully saturated rings. The van der Waals surface area contributed by atoms with Gasteiger partial charge >= 0.3 is 0 Å². The molecule has 126 valence electrons. The lowest BCUT2D eigenvalue weighted by Gasteiger charge is -2.29. The Morgan fingerprint density at radius 2 is 1.64 bits per heavy atom. The van der Waals surface area contributed by atoms with E-state index in [-0.39, 0.29) is 23.6 Å². The van der Waals surface area contributed by atoms with Crippen molar-refractivity contribution < 1.29 is 4.79 Å². The van der Waals surface area contributed by atoms with Gasteiger partial charge in [0.1, 0.15) is 6.54 Å². The molecular formula is C19H17N3O3. The van der Waals surface area contributed by atoms with Gasteiger partial charge in [0.25, 0.3) is 11.1 Å². The Morgan fingerprint density at radius 3 is 2.44 bits per heavy atom. The van der Waals surface area contributed by atoms with Crippen LogP contribution in [0.15, 0.2) is 58.1 Å². The number of hydrogen-bond donors (Lipinski definition) is 1.